The predicted molar refractivity (Wildman–Crippen MR) is 62.6 cm³/mol. The molecule has 5 heteroatoms. The Labute approximate surface area is 104 Å². The molecule has 0 saturated heterocycles. The number of nitrogens with one attached hydrogen (secondary N) is 1. The normalized spacial score (nSPS) is 13.4. The second kappa shape index (κ2) is 5.52. The smallest absolute Gasteiger partial charge is 0.307 e. The van der Waals surface area contributed by atoms with Crippen LogP contribution in [0.4, 0.5) is 17.6 Å². The van der Waals surface area contributed by atoms with E-state index in [-0.39, 0.29) is 0 Å². The molecular formula is C13H15F4N. The minimum Gasteiger partial charge on any atom is -0.307 e. The van der Waals surface area contributed by atoms with Gasteiger partial charge in [0.25, 0.3) is 0 Å². The zero-order valence-electron chi connectivity index (χ0n) is 10.2. The highest BCUT2D eigenvalue weighted by Crippen LogP contribution is 2.33. The summed E-state index contributed by atoms with van der Waals surface area (Å²) in [5, 5.41) is 3.01. The lowest BCUT2D eigenvalue weighted by Gasteiger charge is -2.20. The summed E-state index contributed by atoms with van der Waals surface area (Å²) in [7, 11) is 0. The highest BCUT2D eigenvalue weighted by molar-refractivity contribution is 5.33. The average molecular weight is 261 g/mol. The number of benzene rings is 1. The van der Waals surface area contributed by atoms with Crippen molar-refractivity contribution in [3.8, 4) is 0 Å². The zero-order chi connectivity index (χ0) is 13.9. The molecule has 1 atom stereocenters. The van der Waals surface area contributed by atoms with E-state index in [9.17, 15) is 17.6 Å². The average Bonchev–Trinajstić information content (AvgIpc) is 2.25. The highest BCUT2D eigenvalue weighted by atomic mass is 19.4. The van der Waals surface area contributed by atoms with Crippen molar-refractivity contribution in [2.45, 2.75) is 26.1 Å². The summed E-state index contributed by atoms with van der Waals surface area (Å²) in [4.78, 5) is 0. The van der Waals surface area contributed by atoms with E-state index in [0.29, 0.717) is 17.7 Å². The number of hydrogen-bond donors (Lipinski definition) is 1. The summed E-state index contributed by atoms with van der Waals surface area (Å²) in [6.07, 6.45) is -4.69. The van der Waals surface area contributed by atoms with E-state index in [2.05, 4.69) is 11.9 Å². The first-order valence-corrected chi connectivity index (χ1v) is 5.52. The monoisotopic (exact) mass is 261 g/mol. The lowest BCUT2D eigenvalue weighted by Crippen LogP contribution is -2.22. The van der Waals surface area contributed by atoms with Gasteiger partial charge in [0.1, 0.15) is 5.82 Å². The van der Waals surface area contributed by atoms with Gasteiger partial charge in [-0.3, -0.25) is 0 Å². The van der Waals surface area contributed by atoms with Crippen LogP contribution >= 0.6 is 0 Å². The molecule has 0 heterocycles. The van der Waals surface area contributed by atoms with Gasteiger partial charge in [-0.15, -0.1) is 0 Å². The molecule has 0 bridgehead atoms. The van der Waals surface area contributed by atoms with Crippen molar-refractivity contribution in [2.75, 3.05) is 6.54 Å². The quantitative estimate of drug-likeness (QED) is 0.636. The Morgan fingerprint density at radius 1 is 1.39 bits per heavy atom. The Morgan fingerprint density at radius 3 is 2.44 bits per heavy atom. The number of alkyl halides is 3. The van der Waals surface area contributed by atoms with Crippen molar-refractivity contribution in [1.82, 2.24) is 5.32 Å². The molecule has 0 amide bonds. The topological polar surface area (TPSA) is 12.0 Å². The fraction of sp³-hybridized carbons (Fsp3) is 0.385. The first kappa shape index (κ1) is 14.7. The van der Waals surface area contributed by atoms with Gasteiger partial charge in [0.05, 0.1) is 11.6 Å². The van der Waals surface area contributed by atoms with Gasteiger partial charge in [-0.25, -0.2) is 4.39 Å². The molecule has 0 aliphatic carbocycles. The summed E-state index contributed by atoms with van der Waals surface area (Å²) in [5.41, 5.74) is -0.209. The van der Waals surface area contributed by atoms with Gasteiger partial charge in [0, 0.05) is 0 Å². The van der Waals surface area contributed by atoms with E-state index in [1.165, 1.54) is 6.07 Å². The molecule has 0 aliphatic rings. The molecule has 1 aromatic carbocycles. The van der Waals surface area contributed by atoms with Gasteiger partial charge >= 0.3 is 6.18 Å². The number of likely N-dealkylation sites (N-methyl/N-ethyl adjacent to an activating group) is 1. The third-order valence-corrected chi connectivity index (χ3v) is 2.53. The van der Waals surface area contributed by atoms with Crippen LogP contribution in [0.15, 0.2) is 30.4 Å². The molecule has 1 aromatic rings. The van der Waals surface area contributed by atoms with E-state index in [1.807, 2.05) is 6.92 Å². The number of rotatable bonds is 4. The van der Waals surface area contributed by atoms with Crippen molar-refractivity contribution in [2.24, 2.45) is 0 Å². The van der Waals surface area contributed by atoms with Crippen LogP contribution in [0.3, 0.4) is 0 Å². The Balaban J connectivity index is 3.22. The van der Waals surface area contributed by atoms with Crippen LogP contribution in [0.25, 0.3) is 0 Å². The third kappa shape index (κ3) is 3.32. The molecule has 0 saturated carbocycles. The zero-order valence-corrected chi connectivity index (χ0v) is 10.2. The van der Waals surface area contributed by atoms with Gasteiger partial charge < -0.3 is 5.32 Å². The summed E-state index contributed by atoms with van der Waals surface area (Å²) < 4.78 is 50.9. The second-order valence-electron chi connectivity index (χ2n) is 4.07. The summed E-state index contributed by atoms with van der Waals surface area (Å²) in [5.74, 6) is -1.26. The molecule has 0 fully saturated rings. The van der Waals surface area contributed by atoms with Crippen molar-refractivity contribution in [3.63, 3.8) is 0 Å². The van der Waals surface area contributed by atoms with E-state index >= 15 is 0 Å². The van der Waals surface area contributed by atoms with Crippen LogP contribution in [0, 0.1) is 5.82 Å². The molecule has 0 aromatic heterocycles. The van der Waals surface area contributed by atoms with Crippen molar-refractivity contribution >= 4 is 0 Å². The van der Waals surface area contributed by atoms with Crippen LogP contribution in [0.5, 0.6) is 0 Å². The van der Waals surface area contributed by atoms with E-state index in [4.69, 9.17) is 0 Å². The maximum atomic E-state index is 13.2. The number of hydrogen-bond acceptors (Lipinski definition) is 1. The molecule has 1 unspecified atom stereocenters. The minimum atomic E-state index is -4.69. The Bertz CT molecular complexity index is 437. The van der Waals surface area contributed by atoms with E-state index in [1.54, 1.807) is 6.92 Å². The largest absolute Gasteiger partial charge is 0.419 e. The summed E-state index contributed by atoms with van der Waals surface area (Å²) in [6.45, 7) is 7.86. The van der Waals surface area contributed by atoms with Gasteiger partial charge in [0.15, 0.2) is 0 Å². The lowest BCUT2D eigenvalue weighted by atomic mass is 9.98. The molecule has 0 spiro atoms. The SMILES string of the molecule is C=C(C)C(NCC)c1ccc(F)c(C(F)(F)F)c1. The predicted octanol–water partition coefficient (Wildman–Crippen LogP) is 4.07. The number of halogens is 4. The molecule has 1 nitrogen and oxygen atoms in total. The molecule has 0 radical (unpaired) electrons. The first-order chi connectivity index (χ1) is 8.27. The standard InChI is InChI=1S/C13H15F4N/c1-4-18-12(8(2)3)9-5-6-11(14)10(7-9)13(15,16)17/h5-7,12,18H,2,4H2,1,3H3. The van der Waals surface area contributed by atoms with Crippen LogP contribution in [-0.4, -0.2) is 6.54 Å². The lowest BCUT2D eigenvalue weighted by molar-refractivity contribution is -0.140. The first-order valence-electron chi connectivity index (χ1n) is 5.52. The van der Waals surface area contributed by atoms with E-state index < -0.39 is 23.6 Å². The van der Waals surface area contributed by atoms with Gasteiger partial charge in [-0.2, -0.15) is 13.2 Å². The van der Waals surface area contributed by atoms with Crippen molar-refractivity contribution < 1.29 is 17.6 Å². The fourth-order valence-electron chi connectivity index (χ4n) is 1.72. The van der Waals surface area contributed by atoms with Crippen LogP contribution < -0.4 is 5.32 Å². The Kier molecular flexibility index (Phi) is 4.51. The molecule has 18 heavy (non-hydrogen) atoms. The fourth-order valence-corrected chi connectivity index (χ4v) is 1.72. The van der Waals surface area contributed by atoms with Crippen molar-refractivity contribution in [1.29, 1.82) is 0 Å². The van der Waals surface area contributed by atoms with E-state index in [0.717, 1.165) is 12.1 Å². The van der Waals surface area contributed by atoms with Crippen LogP contribution in [-0.2, 0) is 6.18 Å². The minimum absolute atomic E-state index is 0.359. The highest BCUT2D eigenvalue weighted by Gasteiger charge is 2.34. The Morgan fingerprint density at radius 2 is 2.00 bits per heavy atom. The molecule has 100 valence electrons. The van der Waals surface area contributed by atoms with Gasteiger partial charge in [0.2, 0.25) is 0 Å². The molecule has 1 rings (SSSR count). The van der Waals surface area contributed by atoms with Crippen LogP contribution in [0.1, 0.15) is 31.0 Å². The summed E-state index contributed by atoms with van der Waals surface area (Å²) >= 11 is 0. The second-order valence-corrected chi connectivity index (χ2v) is 4.07. The summed E-state index contributed by atoms with van der Waals surface area (Å²) in [6, 6.07) is 2.60. The van der Waals surface area contributed by atoms with Crippen molar-refractivity contribution in [3.05, 3.63) is 47.3 Å². The maximum Gasteiger partial charge on any atom is 0.419 e. The third-order valence-electron chi connectivity index (χ3n) is 2.53. The Hall–Kier alpha value is -1.36. The maximum absolute atomic E-state index is 13.2. The molecule has 1 N–H and O–H groups in total. The van der Waals surface area contributed by atoms with Crippen LogP contribution in [0.2, 0.25) is 0 Å². The van der Waals surface area contributed by atoms with Gasteiger partial charge in [-0.05, 0) is 31.2 Å². The molecule has 0 aliphatic heterocycles. The van der Waals surface area contributed by atoms with Gasteiger partial charge in [-0.1, -0.05) is 25.1 Å². The molecular weight excluding hydrogens is 246 g/mol.